The van der Waals surface area contributed by atoms with Gasteiger partial charge in [0.05, 0.1) is 6.07 Å². The molecule has 1 fully saturated rings. The van der Waals surface area contributed by atoms with E-state index in [2.05, 4.69) is 24.1 Å². The third-order valence-electron chi connectivity index (χ3n) is 2.88. The molecule has 0 bridgehead atoms. The van der Waals surface area contributed by atoms with Gasteiger partial charge in [-0.25, -0.2) is 0 Å². The standard InChI is InChI=1S/C11H19N3O/c1-9(2)14-6-4-10(8-14)7-13-11(15)3-5-12/h9-10H,3-4,6-8H2,1-2H3,(H,13,15). The molecule has 0 saturated carbocycles. The molecule has 1 atom stereocenters. The number of amides is 1. The molecule has 0 radical (unpaired) electrons. The van der Waals surface area contributed by atoms with Gasteiger partial charge in [0.2, 0.25) is 5.91 Å². The first-order chi connectivity index (χ1) is 7.13. The van der Waals surface area contributed by atoms with Crippen LogP contribution in [0.5, 0.6) is 0 Å². The number of rotatable bonds is 4. The number of carbonyl (C=O) groups excluding carboxylic acids is 1. The summed E-state index contributed by atoms with van der Waals surface area (Å²) in [4.78, 5) is 13.5. The van der Waals surface area contributed by atoms with Crippen molar-refractivity contribution in [2.24, 2.45) is 5.92 Å². The third kappa shape index (κ3) is 3.88. The first-order valence-electron chi connectivity index (χ1n) is 5.51. The van der Waals surface area contributed by atoms with Crippen molar-refractivity contribution in [2.45, 2.75) is 32.7 Å². The van der Waals surface area contributed by atoms with Crippen LogP contribution in [0.15, 0.2) is 0 Å². The average Bonchev–Trinajstić information content (AvgIpc) is 2.63. The molecule has 1 heterocycles. The summed E-state index contributed by atoms with van der Waals surface area (Å²) in [5.74, 6) is 0.399. The molecule has 1 N–H and O–H groups in total. The number of nitrogens with zero attached hydrogens (tertiary/aromatic N) is 2. The molecule has 1 rings (SSSR count). The molecule has 1 saturated heterocycles. The van der Waals surface area contributed by atoms with Crippen LogP contribution < -0.4 is 5.32 Å². The second-order valence-corrected chi connectivity index (χ2v) is 4.38. The Morgan fingerprint density at radius 2 is 2.40 bits per heavy atom. The molecule has 0 aromatic rings. The zero-order valence-electron chi connectivity index (χ0n) is 9.49. The molecule has 15 heavy (non-hydrogen) atoms. The maximum absolute atomic E-state index is 11.1. The van der Waals surface area contributed by atoms with Crippen LogP contribution in [0.2, 0.25) is 0 Å². The Balaban J connectivity index is 2.20. The number of nitriles is 1. The van der Waals surface area contributed by atoms with E-state index in [1.54, 1.807) is 0 Å². The van der Waals surface area contributed by atoms with Gasteiger partial charge < -0.3 is 10.2 Å². The first kappa shape index (κ1) is 12.0. The average molecular weight is 209 g/mol. The Hall–Kier alpha value is -1.08. The Morgan fingerprint density at radius 1 is 1.67 bits per heavy atom. The van der Waals surface area contributed by atoms with E-state index in [0.29, 0.717) is 18.5 Å². The van der Waals surface area contributed by atoms with Crippen LogP contribution in [0.4, 0.5) is 0 Å². The molecule has 0 aliphatic carbocycles. The summed E-state index contributed by atoms with van der Waals surface area (Å²) in [6.45, 7) is 7.28. The van der Waals surface area contributed by atoms with Crippen molar-refractivity contribution in [3.8, 4) is 6.07 Å². The third-order valence-corrected chi connectivity index (χ3v) is 2.88. The summed E-state index contributed by atoms with van der Waals surface area (Å²) >= 11 is 0. The normalized spacial score (nSPS) is 21.6. The molecule has 1 amide bonds. The lowest BCUT2D eigenvalue weighted by atomic mass is 10.1. The van der Waals surface area contributed by atoms with Crippen molar-refractivity contribution in [3.05, 3.63) is 0 Å². The van der Waals surface area contributed by atoms with Gasteiger partial charge >= 0.3 is 0 Å². The highest BCUT2D eigenvalue weighted by Crippen LogP contribution is 2.17. The predicted molar refractivity (Wildman–Crippen MR) is 58.1 cm³/mol. The minimum absolute atomic E-state index is 0.0272. The highest BCUT2D eigenvalue weighted by molar-refractivity contribution is 5.77. The summed E-state index contributed by atoms with van der Waals surface area (Å²) < 4.78 is 0. The number of hydrogen-bond donors (Lipinski definition) is 1. The number of likely N-dealkylation sites (tertiary alicyclic amines) is 1. The molecule has 1 aliphatic rings. The van der Waals surface area contributed by atoms with E-state index in [1.807, 2.05) is 6.07 Å². The smallest absolute Gasteiger partial charge is 0.234 e. The molecule has 1 aliphatic heterocycles. The topological polar surface area (TPSA) is 56.1 Å². The lowest BCUT2D eigenvalue weighted by molar-refractivity contribution is -0.120. The van der Waals surface area contributed by atoms with Gasteiger partial charge in [-0.15, -0.1) is 0 Å². The van der Waals surface area contributed by atoms with Gasteiger partial charge in [-0.3, -0.25) is 4.79 Å². The van der Waals surface area contributed by atoms with E-state index >= 15 is 0 Å². The minimum Gasteiger partial charge on any atom is -0.355 e. The number of nitrogens with one attached hydrogen (secondary N) is 1. The highest BCUT2D eigenvalue weighted by atomic mass is 16.1. The monoisotopic (exact) mass is 209 g/mol. The molecular formula is C11H19N3O. The van der Waals surface area contributed by atoms with Gasteiger partial charge in [-0.1, -0.05) is 0 Å². The molecule has 0 spiro atoms. The first-order valence-corrected chi connectivity index (χ1v) is 5.51. The largest absolute Gasteiger partial charge is 0.355 e. The maximum Gasteiger partial charge on any atom is 0.234 e. The Bertz CT molecular complexity index is 257. The van der Waals surface area contributed by atoms with E-state index in [9.17, 15) is 4.79 Å². The Kier molecular flexibility index (Phi) is 4.57. The minimum atomic E-state index is -0.152. The van der Waals surface area contributed by atoms with Crippen molar-refractivity contribution in [1.82, 2.24) is 10.2 Å². The lowest BCUT2D eigenvalue weighted by Crippen LogP contribution is -2.32. The summed E-state index contributed by atoms with van der Waals surface area (Å²) in [5, 5.41) is 11.1. The fourth-order valence-electron chi connectivity index (χ4n) is 1.89. The molecule has 0 aromatic heterocycles. The van der Waals surface area contributed by atoms with Crippen molar-refractivity contribution < 1.29 is 4.79 Å². The second-order valence-electron chi connectivity index (χ2n) is 4.38. The quantitative estimate of drug-likeness (QED) is 0.743. The van der Waals surface area contributed by atoms with Gasteiger partial charge in [0.25, 0.3) is 0 Å². The van der Waals surface area contributed by atoms with Crippen molar-refractivity contribution >= 4 is 5.91 Å². The van der Waals surface area contributed by atoms with Crippen LogP contribution in [0.25, 0.3) is 0 Å². The fraction of sp³-hybridized carbons (Fsp3) is 0.818. The number of hydrogen-bond acceptors (Lipinski definition) is 3. The predicted octanol–water partition coefficient (Wildman–Crippen LogP) is 0.747. The summed E-state index contributed by atoms with van der Waals surface area (Å²) in [6, 6.07) is 2.44. The van der Waals surface area contributed by atoms with Crippen LogP contribution in [0.1, 0.15) is 26.7 Å². The molecule has 0 aromatic carbocycles. The van der Waals surface area contributed by atoms with E-state index in [4.69, 9.17) is 5.26 Å². The lowest BCUT2D eigenvalue weighted by Gasteiger charge is -2.20. The molecule has 1 unspecified atom stereocenters. The summed E-state index contributed by atoms with van der Waals surface area (Å²) in [5.41, 5.74) is 0. The molecular weight excluding hydrogens is 190 g/mol. The molecule has 4 nitrogen and oxygen atoms in total. The van der Waals surface area contributed by atoms with Gasteiger partial charge in [0, 0.05) is 19.1 Å². The zero-order chi connectivity index (χ0) is 11.3. The van der Waals surface area contributed by atoms with E-state index in [-0.39, 0.29) is 12.3 Å². The maximum atomic E-state index is 11.1. The Labute approximate surface area is 91.2 Å². The SMILES string of the molecule is CC(C)N1CCC(CNC(=O)CC#N)C1. The van der Waals surface area contributed by atoms with Crippen molar-refractivity contribution in [3.63, 3.8) is 0 Å². The van der Waals surface area contributed by atoms with Crippen molar-refractivity contribution in [2.75, 3.05) is 19.6 Å². The highest BCUT2D eigenvalue weighted by Gasteiger charge is 2.24. The van der Waals surface area contributed by atoms with Gasteiger partial charge in [-0.05, 0) is 32.7 Å². The van der Waals surface area contributed by atoms with E-state index < -0.39 is 0 Å². The fourth-order valence-corrected chi connectivity index (χ4v) is 1.89. The zero-order valence-corrected chi connectivity index (χ0v) is 9.49. The number of carbonyl (C=O) groups is 1. The van der Waals surface area contributed by atoms with Gasteiger partial charge in [0.15, 0.2) is 0 Å². The molecule has 4 heteroatoms. The van der Waals surface area contributed by atoms with Crippen LogP contribution in [0.3, 0.4) is 0 Å². The van der Waals surface area contributed by atoms with Crippen LogP contribution in [0, 0.1) is 17.2 Å². The van der Waals surface area contributed by atoms with E-state index in [1.165, 1.54) is 0 Å². The van der Waals surface area contributed by atoms with Gasteiger partial charge in [0.1, 0.15) is 6.42 Å². The van der Waals surface area contributed by atoms with Crippen LogP contribution in [-0.4, -0.2) is 36.5 Å². The Morgan fingerprint density at radius 3 is 2.93 bits per heavy atom. The molecule has 84 valence electrons. The van der Waals surface area contributed by atoms with Crippen molar-refractivity contribution in [1.29, 1.82) is 5.26 Å². The van der Waals surface area contributed by atoms with Gasteiger partial charge in [-0.2, -0.15) is 5.26 Å². The van der Waals surface area contributed by atoms with Crippen LogP contribution >= 0.6 is 0 Å². The second kappa shape index (κ2) is 5.72. The summed E-state index contributed by atoms with van der Waals surface area (Å²) in [7, 11) is 0. The summed E-state index contributed by atoms with van der Waals surface area (Å²) in [6.07, 6.45) is 1.12. The van der Waals surface area contributed by atoms with Crippen LogP contribution in [-0.2, 0) is 4.79 Å². The van der Waals surface area contributed by atoms with E-state index in [0.717, 1.165) is 19.5 Å².